The number of aliphatic hydroxyl groups excluding tert-OH is 1. The summed E-state index contributed by atoms with van der Waals surface area (Å²) in [7, 11) is 2.15. The molecule has 0 amide bonds. The first kappa shape index (κ1) is 13.6. The van der Waals surface area contributed by atoms with Gasteiger partial charge in [0, 0.05) is 36.9 Å². The lowest BCUT2D eigenvalue weighted by Gasteiger charge is -2.43. The maximum Gasteiger partial charge on any atom is 0.129 e. The number of aliphatic hydroxyl groups is 1. The second-order valence-corrected chi connectivity index (χ2v) is 5.47. The molecule has 1 saturated heterocycles. The van der Waals surface area contributed by atoms with Gasteiger partial charge in [-0.3, -0.25) is 4.90 Å². The Bertz CT molecular complexity index is 415. The summed E-state index contributed by atoms with van der Waals surface area (Å²) in [5.74, 6) is 0.898. The third kappa shape index (κ3) is 2.60. The number of likely N-dealkylation sites (N-methyl/N-ethyl adjacent to an activating group) is 1. The molecule has 0 aliphatic carbocycles. The Hall–Kier alpha value is -0.840. The monoisotopic (exact) mass is 269 g/mol. The minimum absolute atomic E-state index is 0.0484. The van der Waals surface area contributed by atoms with Crippen LogP contribution in [0.1, 0.15) is 19.4 Å². The van der Waals surface area contributed by atoms with Crippen molar-refractivity contribution < 1.29 is 5.11 Å². The van der Waals surface area contributed by atoms with Gasteiger partial charge in [-0.05, 0) is 27.0 Å². The number of anilines is 1. The third-order valence-electron chi connectivity index (χ3n) is 3.77. The van der Waals surface area contributed by atoms with Crippen LogP contribution in [-0.4, -0.2) is 47.2 Å². The molecule has 0 spiro atoms. The molecule has 18 heavy (non-hydrogen) atoms. The molecule has 0 radical (unpaired) electrons. The molecule has 1 aliphatic rings. The highest BCUT2D eigenvalue weighted by Gasteiger charge is 2.27. The molecular weight excluding hydrogens is 250 g/mol. The van der Waals surface area contributed by atoms with Crippen LogP contribution < -0.4 is 4.90 Å². The van der Waals surface area contributed by atoms with E-state index in [4.69, 9.17) is 11.6 Å². The van der Waals surface area contributed by atoms with Crippen molar-refractivity contribution in [1.29, 1.82) is 0 Å². The van der Waals surface area contributed by atoms with Gasteiger partial charge in [0.25, 0.3) is 0 Å². The van der Waals surface area contributed by atoms with E-state index in [-0.39, 0.29) is 6.61 Å². The number of piperazine rings is 1. The molecule has 1 aromatic heterocycles. The standard InChI is InChI=1S/C13H20ClN3O/c1-9-6-17(7-10(2)16(9)3)13-4-11(8-18)12(14)5-15-13/h4-5,9-10,18H,6-8H2,1-3H3. The van der Waals surface area contributed by atoms with E-state index in [0.29, 0.717) is 17.1 Å². The van der Waals surface area contributed by atoms with Gasteiger partial charge in [-0.2, -0.15) is 0 Å². The van der Waals surface area contributed by atoms with Gasteiger partial charge in [0.15, 0.2) is 0 Å². The zero-order chi connectivity index (χ0) is 13.3. The molecule has 2 atom stereocenters. The number of hydrogen-bond donors (Lipinski definition) is 1. The fraction of sp³-hybridized carbons (Fsp3) is 0.615. The van der Waals surface area contributed by atoms with Crippen LogP contribution in [0, 0.1) is 0 Å². The van der Waals surface area contributed by atoms with Crippen LogP contribution in [0.15, 0.2) is 12.3 Å². The number of halogens is 1. The summed E-state index contributed by atoms with van der Waals surface area (Å²) in [6.45, 7) is 6.27. The third-order valence-corrected chi connectivity index (χ3v) is 4.11. The van der Waals surface area contributed by atoms with E-state index in [9.17, 15) is 5.11 Å². The molecule has 1 aromatic rings. The summed E-state index contributed by atoms with van der Waals surface area (Å²) in [6, 6.07) is 2.86. The molecule has 4 nitrogen and oxygen atoms in total. The van der Waals surface area contributed by atoms with Gasteiger partial charge < -0.3 is 10.0 Å². The SMILES string of the molecule is CC1CN(c2cc(CO)c(Cl)cn2)CC(C)N1C. The van der Waals surface area contributed by atoms with Crippen LogP contribution in [0.2, 0.25) is 5.02 Å². The highest BCUT2D eigenvalue weighted by molar-refractivity contribution is 6.31. The van der Waals surface area contributed by atoms with E-state index < -0.39 is 0 Å². The van der Waals surface area contributed by atoms with Gasteiger partial charge in [-0.25, -0.2) is 4.98 Å². The van der Waals surface area contributed by atoms with E-state index in [2.05, 4.69) is 35.7 Å². The summed E-state index contributed by atoms with van der Waals surface area (Å²) in [4.78, 5) is 9.00. The fourth-order valence-electron chi connectivity index (χ4n) is 2.35. The molecule has 100 valence electrons. The number of hydrogen-bond acceptors (Lipinski definition) is 4. The van der Waals surface area contributed by atoms with Crippen molar-refractivity contribution in [3.05, 3.63) is 22.8 Å². The number of rotatable bonds is 2. The molecule has 2 unspecified atom stereocenters. The second-order valence-electron chi connectivity index (χ2n) is 5.06. The lowest BCUT2D eigenvalue weighted by Crippen LogP contribution is -2.55. The Morgan fingerprint density at radius 2 is 2.00 bits per heavy atom. The van der Waals surface area contributed by atoms with Crippen molar-refractivity contribution in [1.82, 2.24) is 9.88 Å². The summed E-state index contributed by atoms with van der Waals surface area (Å²) in [5.41, 5.74) is 0.737. The lowest BCUT2D eigenvalue weighted by molar-refractivity contribution is 0.169. The van der Waals surface area contributed by atoms with Gasteiger partial charge in [-0.15, -0.1) is 0 Å². The maximum atomic E-state index is 9.25. The topological polar surface area (TPSA) is 39.6 Å². The lowest BCUT2D eigenvalue weighted by atomic mass is 10.1. The molecule has 1 aliphatic heterocycles. The van der Waals surface area contributed by atoms with Crippen molar-refractivity contribution in [2.45, 2.75) is 32.5 Å². The number of aromatic nitrogens is 1. The van der Waals surface area contributed by atoms with Crippen molar-refractivity contribution in [2.24, 2.45) is 0 Å². The number of pyridine rings is 1. The predicted molar refractivity (Wildman–Crippen MR) is 74.1 cm³/mol. The molecule has 2 heterocycles. The van der Waals surface area contributed by atoms with E-state index in [1.54, 1.807) is 6.20 Å². The molecule has 0 saturated carbocycles. The van der Waals surface area contributed by atoms with Crippen molar-refractivity contribution in [2.75, 3.05) is 25.0 Å². The molecule has 5 heteroatoms. The maximum absolute atomic E-state index is 9.25. The van der Waals surface area contributed by atoms with E-state index in [0.717, 1.165) is 24.5 Å². The highest BCUT2D eigenvalue weighted by Crippen LogP contribution is 2.23. The van der Waals surface area contributed by atoms with Crippen LogP contribution in [-0.2, 0) is 6.61 Å². The van der Waals surface area contributed by atoms with E-state index >= 15 is 0 Å². The molecule has 1 N–H and O–H groups in total. The first-order valence-electron chi connectivity index (χ1n) is 6.25. The first-order valence-corrected chi connectivity index (χ1v) is 6.63. The van der Waals surface area contributed by atoms with Gasteiger partial charge >= 0.3 is 0 Å². The molecule has 0 bridgehead atoms. The largest absolute Gasteiger partial charge is 0.392 e. The second kappa shape index (κ2) is 5.43. The van der Waals surface area contributed by atoms with Gasteiger partial charge in [0.2, 0.25) is 0 Å². The van der Waals surface area contributed by atoms with Gasteiger partial charge in [0.1, 0.15) is 5.82 Å². The predicted octanol–water partition coefficient (Wildman–Crippen LogP) is 1.76. The summed E-state index contributed by atoms with van der Waals surface area (Å²) in [5, 5.41) is 9.77. The zero-order valence-electron chi connectivity index (χ0n) is 11.1. The molecule has 2 rings (SSSR count). The fourth-order valence-corrected chi connectivity index (χ4v) is 2.52. The highest BCUT2D eigenvalue weighted by atomic mass is 35.5. The Kier molecular flexibility index (Phi) is 4.10. The number of nitrogens with zero attached hydrogens (tertiary/aromatic N) is 3. The van der Waals surface area contributed by atoms with Crippen LogP contribution >= 0.6 is 11.6 Å². The molecule has 0 aromatic carbocycles. The molecule has 1 fully saturated rings. The Balaban J connectivity index is 2.21. The summed E-state index contributed by atoms with van der Waals surface area (Å²) in [6.07, 6.45) is 1.62. The Morgan fingerprint density at radius 3 is 2.56 bits per heavy atom. The van der Waals surface area contributed by atoms with E-state index in [1.165, 1.54) is 0 Å². The van der Waals surface area contributed by atoms with Crippen LogP contribution in [0.25, 0.3) is 0 Å². The van der Waals surface area contributed by atoms with Crippen LogP contribution in [0.5, 0.6) is 0 Å². The minimum Gasteiger partial charge on any atom is -0.392 e. The van der Waals surface area contributed by atoms with Crippen LogP contribution in [0.4, 0.5) is 5.82 Å². The zero-order valence-corrected chi connectivity index (χ0v) is 11.9. The Labute approximate surface area is 113 Å². The Morgan fingerprint density at radius 1 is 1.39 bits per heavy atom. The minimum atomic E-state index is -0.0484. The van der Waals surface area contributed by atoms with Gasteiger partial charge in [0.05, 0.1) is 11.6 Å². The quantitative estimate of drug-likeness (QED) is 0.888. The van der Waals surface area contributed by atoms with Crippen molar-refractivity contribution >= 4 is 17.4 Å². The summed E-state index contributed by atoms with van der Waals surface area (Å²) < 4.78 is 0. The average molecular weight is 270 g/mol. The van der Waals surface area contributed by atoms with Crippen molar-refractivity contribution in [3.8, 4) is 0 Å². The molecular formula is C13H20ClN3O. The van der Waals surface area contributed by atoms with Gasteiger partial charge in [-0.1, -0.05) is 11.6 Å². The summed E-state index contributed by atoms with van der Waals surface area (Å²) >= 11 is 5.97. The average Bonchev–Trinajstić information content (AvgIpc) is 2.36. The van der Waals surface area contributed by atoms with E-state index in [1.807, 2.05) is 6.07 Å². The van der Waals surface area contributed by atoms with Crippen LogP contribution in [0.3, 0.4) is 0 Å². The van der Waals surface area contributed by atoms with Crippen molar-refractivity contribution in [3.63, 3.8) is 0 Å². The normalized spacial score (nSPS) is 25.5. The smallest absolute Gasteiger partial charge is 0.129 e. The first-order chi connectivity index (χ1) is 8.52.